The molecule has 0 aliphatic rings. The van der Waals surface area contributed by atoms with Crippen molar-refractivity contribution >= 4 is 23.4 Å². The number of hydrogen-bond donors (Lipinski definition) is 1. The van der Waals surface area contributed by atoms with Gasteiger partial charge in [-0.3, -0.25) is 19.3 Å². The van der Waals surface area contributed by atoms with Crippen molar-refractivity contribution in [2.75, 3.05) is 12.4 Å². The summed E-state index contributed by atoms with van der Waals surface area (Å²) < 4.78 is 7.45. The van der Waals surface area contributed by atoms with Gasteiger partial charge in [-0.25, -0.2) is 5.43 Å². The summed E-state index contributed by atoms with van der Waals surface area (Å²) >= 11 is 1.27. The van der Waals surface area contributed by atoms with Crippen molar-refractivity contribution in [1.29, 1.82) is 0 Å². The lowest BCUT2D eigenvalue weighted by atomic mass is 10.2. The van der Waals surface area contributed by atoms with Crippen LogP contribution in [0.15, 0.2) is 83.6 Å². The topological polar surface area (TPSA) is 107 Å². The SMILES string of the molecule is CCOc1ccc(-n2c(SCC(=O)NN=C(C)c3cccnc3)nnc2-c2cccnc2)cc1. The van der Waals surface area contributed by atoms with E-state index in [0.717, 1.165) is 22.6 Å². The largest absolute Gasteiger partial charge is 0.494 e. The molecular weight excluding hydrogens is 450 g/mol. The average Bonchev–Trinajstić information content (AvgIpc) is 3.31. The van der Waals surface area contributed by atoms with Crippen LogP contribution in [-0.2, 0) is 4.79 Å². The average molecular weight is 474 g/mol. The molecule has 1 amide bonds. The minimum absolute atomic E-state index is 0.117. The van der Waals surface area contributed by atoms with Crippen LogP contribution in [0.1, 0.15) is 19.4 Å². The Kier molecular flexibility index (Phi) is 7.61. The molecule has 34 heavy (non-hydrogen) atoms. The third kappa shape index (κ3) is 5.65. The monoisotopic (exact) mass is 473 g/mol. The molecule has 0 saturated carbocycles. The quantitative estimate of drug-likeness (QED) is 0.224. The predicted octanol–water partition coefficient (Wildman–Crippen LogP) is 3.76. The Morgan fingerprint density at radius 3 is 2.50 bits per heavy atom. The van der Waals surface area contributed by atoms with Crippen LogP contribution in [0, 0.1) is 0 Å². The van der Waals surface area contributed by atoms with Gasteiger partial charge in [0.15, 0.2) is 11.0 Å². The van der Waals surface area contributed by atoms with E-state index in [-0.39, 0.29) is 11.7 Å². The number of pyridine rings is 2. The summed E-state index contributed by atoms with van der Waals surface area (Å²) in [4.78, 5) is 20.7. The van der Waals surface area contributed by atoms with Crippen LogP contribution in [0.25, 0.3) is 17.1 Å². The fourth-order valence-electron chi connectivity index (χ4n) is 3.09. The van der Waals surface area contributed by atoms with E-state index in [9.17, 15) is 4.79 Å². The fraction of sp³-hybridized carbons (Fsp3) is 0.167. The number of rotatable bonds is 9. The number of hydrogen-bond acceptors (Lipinski definition) is 8. The second-order valence-electron chi connectivity index (χ2n) is 7.07. The van der Waals surface area contributed by atoms with E-state index in [0.29, 0.717) is 23.3 Å². The predicted molar refractivity (Wildman–Crippen MR) is 131 cm³/mol. The van der Waals surface area contributed by atoms with Crippen molar-refractivity contribution in [3.63, 3.8) is 0 Å². The van der Waals surface area contributed by atoms with Crippen molar-refractivity contribution in [2.24, 2.45) is 5.10 Å². The van der Waals surface area contributed by atoms with Gasteiger partial charge in [-0.2, -0.15) is 5.10 Å². The van der Waals surface area contributed by atoms with Crippen LogP contribution in [0.4, 0.5) is 0 Å². The van der Waals surface area contributed by atoms with Gasteiger partial charge in [-0.1, -0.05) is 17.8 Å². The van der Waals surface area contributed by atoms with E-state index >= 15 is 0 Å². The second-order valence-corrected chi connectivity index (χ2v) is 8.02. The normalized spacial score (nSPS) is 11.3. The zero-order valence-electron chi connectivity index (χ0n) is 18.8. The van der Waals surface area contributed by atoms with E-state index in [4.69, 9.17) is 4.74 Å². The molecule has 9 nitrogen and oxygen atoms in total. The van der Waals surface area contributed by atoms with Gasteiger partial charge in [0.2, 0.25) is 0 Å². The lowest BCUT2D eigenvalue weighted by Crippen LogP contribution is -2.21. The van der Waals surface area contributed by atoms with Crippen molar-refractivity contribution in [3.05, 3.63) is 78.9 Å². The van der Waals surface area contributed by atoms with Crippen LogP contribution in [0.3, 0.4) is 0 Å². The number of nitrogens with one attached hydrogen (secondary N) is 1. The minimum Gasteiger partial charge on any atom is -0.494 e. The number of carbonyl (C=O) groups excluding carboxylic acids is 1. The van der Waals surface area contributed by atoms with Gasteiger partial charge in [-0.15, -0.1) is 10.2 Å². The number of amides is 1. The lowest BCUT2D eigenvalue weighted by Gasteiger charge is -2.11. The maximum absolute atomic E-state index is 12.5. The molecule has 0 fully saturated rings. The molecule has 3 heterocycles. The Morgan fingerprint density at radius 2 is 1.82 bits per heavy atom. The molecule has 172 valence electrons. The summed E-state index contributed by atoms with van der Waals surface area (Å²) in [6, 6.07) is 15.1. The summed E-state index contributed by atoms with van der Waals surface area (Å²) in [7, 11) is 0. The molecule has 0 aliphatic carbocycles. The van der Waals surface area contributed by atoms with Crippen LogP contribution in [0.2, 0.25) is 0 Å². The van der Waals surface area contributed by atoms with Gasteiger partial charge in [0, 0.05) is 41.6 Å². The summed E-state index contributed by atoms with van der Waals surface area (Å²) in [6.07, 6.45) is 6.81. The third-order valence-corrected chi connectivity index (χ3v) is 5.65. The standard InChI is InChI=1S/C24H23N7O2S/c1-3-33-21-10-8-20(9-11-21)31-23(19-7-5-13-26-15-19)29-30-24(31)34-16-22(32)28-27-17(2)18-6-4-12-25-14-18/h4-15H,3,16H2,1-2H3,(H,28,32). The maximum Gasteiger partial charge on any atom is 0.250 e. The fourth-order valence-corrected chi connectivity index (χ4v) is 3.83. The second kappa shape index (κ2) is 11.2. The molecule has 0 bridgehead atoms. The molecular formula is C24H23N7O2S. The molecule has 10 heteroatoms. The molecule has 0 radical (unpaired) electrons. The van der Waals surface area contributed by atoms with Gasteiger partial charge < -0.3 is 4.74 Å². The highest BCUT2D eigenvalue weighted by Crippen LogP contribution is 2.28. The summed E-state index contributed by atoms with van der Waals surface area (Å²) in [5, 5.41) is 13.4. The van der Waals surface area contributed by atoms with Crippen LogP contribution >= 0.6 is 11.8 Å². The smallest absolute Gasteiger partial charge is 0.250 e. The van der Waals surface area contributed by atoms with Gasteiger partial charge in [0.25, 0.3) is 5.91 Å². The number of ether oxygens (including phenoxy) is 1. The van der Waals surface area contributed by atoms with Gasteiger partial charge in [-0.05, 0) is 56.3 Å². The molecule has 4 aromatic rings. The summed E-state index contributed by atoms with van der Waals surface area (Å²) in [5.41, 5.74) is 5.76. The number of hydrazone groups is 1. The molecule has 0 unspecified atom stereocenters. The Morgan fingerprint density at radius 1 is 1.06 bits per heavy atom. The Hall–Kier alpha value is -4.05. The zero-order chi connectivity index (χ0) is 23.8. The van der Waals surface area contributed by atoms with Crippen molar-refractivity contribution in [3.8, 4) is 22.8 Å². The van der Waals surface area contributed by atoms with E-state index < -0.39 is 0 Å². The summed E-state index contributed by atoms with van der Waals surface area (Å²) in [5.74, 6) is 1.27. The number of carbonyl (C=O) groups is 1. The van der Waals surface area contributed by atoms with E-state index in [1.165, 1.54) is 11.8 Å². The molecule has 0 aliphatic heterocycles. The molecule has 0 spiro atoms. The first kappa shape index (κ1) is 23.1. The molecule has 3 aromatic heterocycles. The number of nitrogens with zero attached hydrogens (tertiary/aromatic N) is 6. The summed E-state index contributed by atoms with van der Waals surface area (Å²) in [6.45, 7) is 4.34. The van der Waals surface area contributed by atoms with Crippen LogP contribution in [-0.4, -0.2) is 48.7 Å². The molecule has 0 saturated heterocycles. The van der Waals surface area contributed by atoms with E-state index in [1.807, 2.05) is 66.9 Å². The third-order valence-electron chi connectivity index (χ3n) is 4.72. The highest BCUT2D eigenvalue weighted by Gasteiger charge is 2.17. The number of aromatic nitrogens is 5. The van der Waals surface area contributed by atoms with Crippen LogP contribution in [0.5, 0.6) is 5.75 Å². The number of thioether (sulfide) groups is 1. The van der Waals surface area contributed by atoms with E-state index in [1.54, 1.807) is 24.8 Å². The van der Waals surface area contributed by atoms with Crippen molar-refractivity contribution < 1.29 is 9.53 Å². The Balaban J connectivity index is 1.53. The van der Waals surface area contributed by atoms with Crippen molar-refractivity contribution in [1.82, 2.24) is 30.2 Å². The molecule has 1 N–H and O–H groups in total. The van der Waals surface area contributed by atoms with Crippen LogP contribution < -0.4 is 10.2 Å². The molecule has 0 atom stereocenters. The van der Waals surface area contributed by atoms with Crippen molar-refractivity contribution in [2.45, 2.75) is 19.0 Å². The first-order valence-corrected chi connectivity index (χ1v) is 11.6. The minimum atomic E-state index is -0.252. The number of benzene rings is 1. The highest BCUT2D eigenvalue weighted by molar-refractivity contribution is 7.99. The maximum atomic E-state index is 12.5. The lowest BCUT2D eigenvalue weighted by molar-refractivity contribution is -0.118. The highest BCUT2D eigenvalue weighted by atomic mass is 32.2. The molecule has 1 aromatic carbocycles. The van der Waals surface area contributed by atoms with Gasteiger partial charge in [0.1, 0.15) is 5.75 Å². The Bertz CT molecular complexity index is 1260. The Labute approximate surface area is 201 Å². The van der Waals surface area contributed by atoms with E-state index in [2.05, 4.69) is 30.7 Å². The molecule has 4 rings (SSSR count). The van der Waals surface area contributed by atoms with Gasteiger partial charge in [0.05, 0.1) is 18.1 Å². The first-order chi connectivity index (χ1) is 16.7. The zero-order valence-corrected chi connectivity index (χ0v) is 19.6. The van der Waals surface area contributed by atoms with Gasteiger partial charge >= 0.3 is 0 Å². The first-order valence-electron chi connectivity index (χ1n) is 10.6.